The summed E-state index contributed by atoms with van der Waals surface area (Å²) in [6.07, 6.45) is 1.74. The lowest BCUT2D eigenvalue weighted by Crippen LogP contribution is -1.98. The molecule has 0 aliphatic carbocycles. The second kappa shape index (κ2) is 4.54. The van der Waals surface area contributed by atoms with Crippen molar-refractivity contribution in [2.24, 2.45) is 7.05 Å². The van der Waals surface area contributed by atoms with E-state index >= 15 is 0 Å². The number of aromatic amines is 1. The van der Waals surface area contributed by atoms with Gasteiger partial charge >= 0.3 is 0 Å². The number of aryl methyl sites for hydroxylation is 2. The summed E-state index contributed by atoms with van der Waals surface area (Å²) in [5, 5.41) is 16.9. The molecule has 0 amide bonds. The molecule has 0 saturated carbocycles. The molecule has 0 saturated heterocycles. The first-order valence-corrected chi connectivity index (χ1v) is 6.56. The number of fused-ring (bicyclic) bond motifs is 1. The lowest BCUT2D eigenvalue weighted by atomic mass is 10.4. The van der Waals surface area contributed by atoms with Gasteiger partial charge in [0.25, 0.3) is 0 Å². The van der Waals surface area contributed by atoms with Gasteiger partial charge in [-0.2, -0.15) is 15.2 Å². The van der Waals surface area contributed by atoms with Gasteiger partial charge < -0.3 is 5.32 Å². The van der Waals surface area contributed by atoms with Gasteiger partial charge in [-0.05, 0) is 24.8 Å². The number of anilines is 1. The molecule has 2 N–H and O–H groups in total. The summed E-state index contributed by atoms with van der Waals surface area (Å²) in [5.74, 6) is 0.568. The van der Waals surface area contributed by atoms with Crippen LogP contribution < -0.4 is 5.32 Å². The second-order valence-electron chi connectivity index (χ2n) is 4.08. The summed E-state index contributed by atoms with van der Waals surface area (Å²) in [7, 11) is 3.71. The standard InChI is InChI=1S/C11H13N7S/c1-6-4-8(18(3)17-6)19-10-7-5-13-16-9(7)14-11(12-2)15-10/h4-5H,1-3H3,(H2,12,13,14,15,16). The lowest BCUT2D eigenvalue weighted by molar-refractivity contribution is 0.692. The van der Waals surface area contributed by atoms with Gasteiger partial charge in [-0.25, -0.2) is 4.98 Å². The Hall–Kier alpha value is -2.09. The highest BCUT2D eigenvalue weighted by molar-refractivity contribution is 7.99. The molecule has 3 rings (SSSR count). The van der Waals surface area contributed by atoms with E-state index < -0.39 is 0 Å². The molecule has 0 bridgehead atoms. The van der Waals surface area contributed by atoms with Crippen LogP contribution in [-0.4, -0.2) is 37.0 Å². The van der Waals surface area contributed by atoms with Crippen LogP contribution in [0.3, 0.4) is 0 Å². The van der Waals surface area contributed by atoms with Gasteiger partial charge in [0.15, 0.2) is 5.65 Å². The van der Waals surface area contributed by atoms with E-state index in [1.54, 1.807) is 25.0 Å². The fourth-order valence-corrected chi connectivity index (χ4v) is 2.77. The highest BCUT2D eigenvalue weighted by atomic mass is 32.2. The summed E-state index contributed by atoms with van der Waals surface area (Å²) in [6.45, 7) is 1.97. The zero-order valence-electron chi connectivity index (χ0n) is 10.8. The Morgan fingerprint density at radius 3 is 2.89 bits per heavy atom. The third-order valence-electron chi connectivity index (χ3n) is 2.66. The van der Waals surface area contributed by atoms with Crippen LogP contribution in [0, 0.1) is 6.92 Å². The van der Waals surface area contributed by atoms with Crippen molar-refractivity contribution in [3.05, 3.63) is 18.0 Å². The Kier molecular flexibility index (Phi) is 2.86. The van der Waals surface area contributed by atoms with Crippen molar-refractivity contribution < 1.29 is 0 Å². The van der Waals surface area contributed by atoms with Crippen LogP contribution in [-0.2, 0) is 7.05 Å². The Labute approximate surface area is 113 Å². The molecule has 0 aromatic carbocycles. The molecular weight excluding hydrogens is 262 g/mol. The van der Waals surface area contributed by atoms with E-state index in [4.69, 9.17) is 0 Å². The first-order valence-electron chi connectivity index (χ1n) is 5.74. The van der Waals surface area contributed by atoms with Crippen molar-refractivity contribution in [1.82, 2.24) is 29.9 Å². The summed E-state index contributed by atoms with van der Waals surface area (Å²) in [5.41, 5.74) is 1.71. The average molecular weight is 275 g/mol. The molecule has 0 spiro atoms. The molecule has 0 radical (unpaired) electrons. The van der Waals surface area contributed by atoms with Crippen LogP contribution >= 0.6 is 11.8 Å². The molecule has 3 heterocycles. The highest BCUT2D eigenvalue weighted by Crippen LogP contribution is 2.31. The maximum Gasteiger partial charge on any atom is 0.225 e. The molecule has 0 atom stereocenters. The van der Waals surface area contributed by atoms with Gasteiger partial charge in [0.2, 0.25) is 5.95 Å². The monoisotopic (exact) mass is 275 g/mol. The Balaban J connectivity index is 2.08. The molecule has 0 aliphatic heterocycles. The van der Waals surface area contributed by atoms with Crippen LogP contribution in [0.25, 0.3) is 11.0 Å². The van der Waals surface area contributed by atoms with Crippen LogP contribution in [0.5, 0.6) is 0 Å². The molecule has 7 nitrogen and oxygen atoms in total. The quantitative estimate of drug-likeness (QED) is 0.706. The molecule has 3 aromatic rings. The van der Waals surface area contributed by atoms with Crippen molar-refractivity contribution in [3.63, 3.8) is 0 Å². The minimum atomic E-state index is 0.568. The van der Waals surface area contributed by atoms with Gasteiger partial charge in [0, 0.05) is 14.1 Å². The predicted molar refractivity (Wildman–Crippen MR) is 73.3 cm³/mol. The predicted octanol–water partition coefficient (Wildman–Crippen LogP) is 1.59. The Morgan fingerprint density at radius 1 is 1.37 bits per heavy atom. The number of rotatable bonds is 3. The smallest absolute Gasteiger partial charge is 0.225 e. The minimum absolute atomic E-state index is 0.568. The third-order valence-corrected chi connectivity index (χ3v) is 3.75. The Morgan fingerprint density at radius 2 is 2.21 bits per heavy atom. The number of hydrogen-bond acceptors (Lipinski definition) is 6. The van der Waals surface area contributed by atoms with Crippen molar-refractivity contribution in [2.45, 2.75) is 17.0 Å². The summed E-state index contributed by atoms with van der Waals surface area (Å²) in [4.78, 5) is 8.78. The van der Waals surface area contributed by atoms with Gasteiger partial charge in [-0.1, -0.05) is 0 Å². The largest absolute Gasteiger partial charge is 0.357 e. The molecule has 98 valence electrons. The zero-order valence-corrected chi connectivity index (χ0v) is 11.6. The number of H-pyrrole nitrogens is 1. The molecule has 0 fully saturated rings. The first-order chi connectivity index (χ1) is 9.17. The van der Waals surface area contributed by atoms with Crippen LogP contribution in [0.4, 0.5) is 5.95 Å². The number of aromatic nitrogens is 6. The van der Waals surface area contributed by atoms with E-state index in [2.05, 4.69) is 30.6 Å². The molecule has 19 heavy (non-hydrogen) atoms. The third kappa shape index (κ3) is 2.14. The topological polar surface area (TPSA) is 84.3 Å². The molecule has 0 aliphatic rings. The summed E-state index contributed by atoms with van der Waals surface area (Å²) in [6, 6.07) is 2.03. The van der Waals surface area contributed by atoms with Gasteiger partial charge in [-0.15, -0.1) is 0 Å². The van der Waals surface area contributed by atoms with Gasteiger partial charge in [0.1, 0.15) is 10.1 Å². The van der Waals surface area contributed by atoms with E-state index in [1.807, 2.05) is 24.7 Å². The van der Waals surface area contributed by atoms with E-state index in [0.717, 1.165) is 26.8 Å². The average Bonchev–Trinajstić information content (AvgIpc) is 2.96. The highest BCUT2D eigenvalue weighted by Gasteiger charge is 2.12. The fraction of sp³-hybridized carbons (Fsp3) is 0.273. The van der Waals surface area contributed by atoms with Crippen molar-refractivity contribution >= 4 is 28.7 Å². The van der Waals surface area contributed by atoms with Crippen molar-refractivity contribution in [1.29, 1.82) is 0 Å². The number of nitrogens with zero attached hydrogens (tertiary/aromatic N) is 5. The minimum Gasteiger partial charge on any atom is -0.357 e. The van der Waals surface area contributed by atoms with Crippen LogP contribution in [0.1, 0.15) is 5.69 Å². The van der Waals surface area contributed by atoms with E-state index in [1.165, 1.54) is 0 Å². The lowest BCUT2D eigenvalue weighted by Gasteiger charge is -2.04. The van der Waals surface area contributed by atoms with E-state index in [9.17, 15) is 0 Å². The maximum absolute atomic E-state index is 4.48. The second-order valence-corrected chi connectivity index (χ2v) is 5.09. The van der Waals surface area contributed by atoms with E-state index in [0.29, 0.717) is 5.95 Å². The fourth-order valence-electron chi connectivity index (χ4n) is 1.78. The molecule has 8 heteroatoms. The van der Waals surface area contributed by atoms with Crippen molar-refractivity contribution in [3.8, 4) is 0 Å². The van der Waals surface area contributed by atoms with Gasteiger partial charge in [0.05, 0.1) is 17.3 Å². The van der Waals surface area contributed by atoms with E-state index in [-0.39, 0.29) is 0 Å². The SMILES string of the molecule is CNc1nc(Sc2cc(C)nn2C)c2cn[nH]c2n1. The molecular formula is C11H13N7S. The first kappa shape index (κ1) is 12.0. The van der Waals surface area contributed by atoms with Crippen LogP contribution in [0.15, 0.2) is 22.3 Å². The molecule has 3 aromatic heterocycles. The zero-order chi connectivity index (χ0) is 13.4. The molecule has 0 unspecified atom stereocenters. The van der Waals surface area contributed by atoms with Crippen molar-refractivity contribution in [2.75, 3.05) is 12.4 Å². The van der Waals surface area contributed by atoms with Gasteiger partial charge in [-0.3, -0.25) is 9.78 Å². The normalized spacial score (nSPS) is 11.1. The summed E-state index contributed by atoms with van der Waals surface area (Å²) >= 11 is 1.55. The van der Waals surface area contributed by atoms with Crippen LogP contribution in [0.2, 0.25) is 0 Å². The maximum atomic E-state index is 4.48. The number of nitrogens with one attached hydrogen (secondary N) is 2. The number of hydrogen-bond donors (Lipinski definition) is 2. The summed E-state index contributed by atoms with van der Waals surface area (Å²) < 4.78 is 1.84. The Bertz CT molecular complexity index is 730.